The predicted octanol–water partition coefficient (Wildman–Crippen LogP) is 2.10. The molecular formula is C14H21N3O3. The maximum absolute atomic E-state index is 12.4. The van der Waals surface area contributed by atoms with E-state index >= 15 is 0 Å². The van der Waals surface area contributed by atoms with Gasteiger partial charge in [0, 0.05) is 0 Å². The number of H-pyrrole nitrogens is 1. The lowest BCUT2D eigenvalue weighted by molar-refractivity contribution is -0.145. The average Bonchev–Trinajstić information content (AvgIpc) is 2.97. The number of amides is 1. The van der Waals surface area contributed by atoms with Crippen molar-refractivity contribution in [1.82, 2.24) is 10.2 Å². The molecule has 1 amide bonds. The molecule has 0 saturated heterocycles. The van der Waals surface area contributed by atoms with Gasteiger partial charge in [-0.1, -0.05) is 13.3 Å². The summed E-state index contributed by atoms with van der Waals surface area (Å²) in [5, 5.41) is 18.9. The molecule has 1 aromatic heterocycles. The molecule has 1 heterocycles. The molecule has 1 aromatic rings. The second-order valence-electron chi connectivity index (χ2n) is 5.60. The van der Waals surface area contributed by atoms with E-state index in [0.717, 1.165) is 12.1 Å². The molecule has 6 heteroatoms. The third kappa shape index (κ3) is 2.69. The van der Waals surface area contributed by atoms with Gasteiger partial charge in [0.25, 0.3) is 0 Å². The van der Waals surface area contributed by atoms with Gasteiger partial charge in [-0.05, 0) is 32.6 Å². The van der Waals surface area contributed by atoms with Gasteiger partial charge >= 0.3 is 5.97 Å². The molecule has 1 unspecified atom stereocenters. The smallest absolute Gasteiger partial charge is 0.307 e. The third-order valence-electron chi connectivity index (χ3n) is 4.27. The van der Waals surface area contributed by atoms with Crippen molar-refractivity contribution in [3.63, 3.8) is 0 Å². The fourth-order valence-corrected chi connectivity index (χ4v) is 2.99. The maximum Gasteiger partial charge on any atom is 0.307 e. The molecule has 1 fully saturated rings. The number of hydrogen-bond donors (Lipinski definition) is 3. The number of carbonyl (C=O) groups is 2. The van der Waals surface area contributed by atoms with Gasteiger partial charge < -0.3 is 10.4 Å². The number of aryl methyl sites for hydroxylation is 2. The Hall–Kier alpha value is -1.85. The molecule has 1 saturated carbocycles. The molecule has 2 rings (SSSR count). The van der Waals surface area contributed by atoms with Crippen LogP contribution in [0.3, 0.4) is 0 Å². The fraction of sp³-hybridized carbons (Fsp3) is 0.643. The van der Waals surface area contributed by atoms with Crippen LogP contribution in [-0.2, 0) is 9.59 Å². The van der Waals surface area contributed by atoms with Crippen LogP contribution in [0.15, 0.2) is 0 Å². The summed E-state index contributed by atoms with van der Waals surface area (Å²) >= 11 is 0. The van der Waals surface area contributed by atoms with Crippen molar-refractivity contribution in [2.24, 2.45) is 17.8 Å². The summed E-state index contributed by atoms with van der Waals surface area (Å²) in [6, 6.07) is 0. The molecule has 0 aromatic carbocycles. The Balaban J connectivity index is 2.13. The van der Waals surface area contributed by atoms with Crippen molar-refractivity contribution in [3.05, 3.63) is 11.4 Å². The van der Waals surface area contributed by atoms with Crippen LogP contribution in [0, 0.1) is 31.6 Å². The first kappa shape index (κ1) is 14.6. The van der Waals surface area contributed by atoms with E-state index in [1.807, 2.05) is 13.8 Å². The summed E-state index contributed by atoms with van der Waals surface area (Å²) in [6.07, 6.45) is 2.15. The first-order valence-electron chi connectivity index (χ1n) is 6.99. The van der Waals surface area contributed by atoms with E-state index in [1.165, 1.54) is 0 Å². The number of nitrogens with zero attached hydrogens (tertiary/aromatic N) is 1. The highest BCUT2D eigenvalue weighted by atomic mass is 16.4. The molecule has 6 nitrogen and oxygen atoms in total. The zero-order valence-corrected chi connectivity index (χ0v) is 12.1. The Labute approximate surface area is 118 Å². The number of hydrogen-bond acceptors (Lipinski definition) is 3. The van der Waals surface area contributed by atoms with Crippen molar-refractivity contribution in [2.75, 3.05) is 5.32 Å². The highest BCUT2D eigenvalue weighted by Gasteiger charge is 2.42. The van der Waals surface area contributed by atoms with Crippen molar-refractivity contribution in [2.45, 2.75) is 40.0 Å². The molecule has 20 heavy (non-hydrogen) atoms. The number of anilines is 1. The number of aromatic amines is 1. The zero-order chi connectivity index (χ0) is 14.9. The van der Waals surface area contributed by atoms with Crippen LogP contribution in [0.4, 0.5) is 5.69 Å². The molecular weight excluding hydrogens is 258 g/mol. The lowest BCUT2D eigenvalue weighted by atomic mass is 9.95. The minimum atomic E-state index is -0.873. The highest BCUT2D eigenvalue weighted by Crippen LogP contribution is 2.39. The van der Waals surface area contributed by atoms with Gasteiger partial charge in [-0.15, -0.1) is 0 Å². The van der Waals surface area contributed by atoms with E-state index in [9.17, 15) is 14.7 Å². The molecule has 3 atom stereocenters. The summed E-state index contributed by atoms with van der Waals surface area (Å²) in [4.78, 5) is 23.7. The minimum absolute atomic E-state index is 0.207. The van der Waals surface area contributed by atoms with Crippen molar-refractivity contribution in [1.29, 1.82) is 0 Å². The molecule has 3 N–H and O–H groups in total. The zero-order valence-electron chi connectivity index (χ0n) is 12.1. The van der Waals surface area contributed by atoms with Crippen LogP contribution in [0.2, 0.25) is 0 Å². The lowest BCUT2D eigenvalue weighted by Crippen LogP contribution is -2.30. The molecule has 110 valence electrons. The molecule has 0 aliphatic heterocycles. The van der Waals surface area contributed by atoms with Crippen molar-refractivity contribution >= 4 is 17.6 Å². The fourth-order valence-electron chi connectivity index (χ4n) is 2.99. The van der Waals surface area contributed by atoms with Crippen LogP contribution in [0.1, 0.15) is 37.6 Å². The number of nitrogens with one attached hydrogen (secondary N) is 2. The van der Waals surface area contributed by atoms with E-state index in [4.69, 9.17) is 0 Å². The third-order valence-corrected chi connectivity index (χ3v) is 4.27. The van der Waals surface area contributed by atoms with Crippen LogP contribution in [-0.4, -0.2) is 27.2 Å². The topological polar surface area (TPSA) is 95.1 Å². The SMILES string of the molecule is CCC1C[C@H](C(=O)Nc2c(C)n[nH]c2C)[C@H](C(=O)O)C1. The van der Waals surface area contributed by atoms with Crippen molar-refractivity contribution in [3.8, 4) is 0 Å². The first-order chi connectivity index (χ1) is 9.43. The normalized spacial score (nSPS) is 25.6. The quantitative estimate of drug-likeness (QED) is 0.786. The first-order valence-corrected chi connectivity index (χ1v) is 6.99. The average molecular weight is 279 g/mol. The van der Waals surface area contributed by atoms with Crippen LogP contribution >= 0.6 is 0 Å². The van der Waals surface area contributed by atoms with Gasteiger partial charge in [0.15, 0.2) is 0 Å². The van der Waals surface area contributed by atoms with Crippen LogP contribution in [0.5, 0.6) is 0 Å². The minimum Gasteiger partial charge on any atom is -0.481 e. The summed E-state index contributed by atoms with van der Waals surface area (Å²) in [7, 11) is 0. The Morgan fingerprint density at radius 2 is 2.00 bits per heavy atom. The highest BCUT2D eigenvalue weighted by molar-refractivity contribution is 5.96. The summed E-state index contributed by atoms with van der Waals surface area (Å²) in [5.41, 5.74) is 2.17. The number of carboxylic acids is 1. The Bertz CT molecular complexity index is 504. The van der Waals surface area contributed by atoms with Gasteiger partial charge in [-0.2, -0.15) is 5.10 Å². The summed E-state index contributed by atoms with van der Waals surface area (Å²) in [5.74, 6) is -1.79. The molecule has 1 aliphatic rings. The standard InChI is InChI=1S/C14H21N3O3/c1-4-9-5-10(11(6-9)14(19)20)13(18)15-12-7(2)16-17-8(12)3/h9-11H,4-6H2,1-3H3,(H,15,18)(H,16,17)(H,19,20)/t9?,10-,11+/m0/s1. The number of aromatic nitrogens is 2. The van der Waals surface area contributed by atoms with E-state index < -0.39 is 17.8 Å². The second kappa shape index (κ2) is 5.64. The van der Waals surface area contributed by atoms with Crippen molar-refractivity contribution < 1.29 is 14.7 Å². The molecule has 0 radical (unpaired) electrons. The van der Waals surface area contributed by atoms with Gasteiger partial charge in [0.1, 0.15) is 0 Å². The molecule has 0 bridgehead atoms. The Kier molecular flexibility index (Phi) is 4.11. The van der Waals surface area contributed by atoms with E-state index in [2.05, 4.69) is 15.5 Å². The van der Waals surface area contributed by atoms with Gasteiger partial charge in [0.2, 0.25) is 5.91 Å². The second-order valence-corrected chi connectivity index (χ2v) is 5.60. The van der Waals surface area contributed by atoms with Crippen LogP contribution < -0.4 is 5.32 Å². The van der Waals surface area contributed by atoms with Gasteiger partial charge in [-0.25, -0.2) is 0 Å². The number of carbonyl (C=O) groups excluding carboxylic acids is 1. The van der Waals surface area contributed by atoms with Crippen LogP contribution in [0.25, 0.3) is 0 Å². The predicted molar refractivity (Wildman–Crippen MR) is 74.3 cm³/mol. The molecule has 0 spiro atoms. The largest absolute Gasteiger partial charge is 0.481 e. The number of aliphatic carboxylic acids is 1. The summed E-state index contributed by atoms with van der Waals surface area (Å²) < 4.78 is 0. The van der Waals surface area contributed by atoms with E-state index in [1.54, 1.807) is 6.92 Å². The summed E-state index contributed by atoms with van der Waals surface area (Å²) in [6.45, 7) is 5.67. The molecule has 1 aliphatic carbocycles. The van der Waals surface area contributed by atoms with E-state index in [0.29, 0.717) is 30.1 Å². The number of rotatable bonds is 4. The maximum atomic E-state index is 12.4. The monoisotopic (exact) mass is 279 g/mol. The van der Waals surface area contributed by atoms with Gasteiger partial charge in [0.05, 0.1) is 28.9 Å². The Morgan fingerprint density at radius 3 is 2.50 bits per heavy atom. The Morgan fingerprint density at radius 1 is 1.35 bits per heavy atom. The number of carboxylic acid groups (broad SMARTS) is 1. The van der Waals surface area contributed by atoms with Gasteiger partial charge in [-0.3, -0.25) is 14.7 Å². The lowest BCUT2D eigenvalue weighted by Gasteiger charge is -2.15. The van der Waals surface area contributed by atoms with E-state index in [-0.39, 0.29) is 5.91 Å².